The van der Waals surface area contributed by atoms with Crippen molar-refractivity contribution < 1.29 is 9.59 Å². The molecule has 10 heavy (non-hydrogen) atoms. The summed E-state index contributed by atoms with van der Waals surface area (Å²) in [6, 6.07) is 0. The summed E-state index contributed by atoms with van der Waals surface area (Å²) in [6.45, 7) is 3.27. The largest absolute Gasteiger partial charge is 0.347 e. The van der Waals surface area contributed by atoms with Gasteiger partial charge in [0.25, 0.3) is 5.91 Å². The standard InChI is InChI=1S/C6H11N2O2/c1-4(2)6(10)8-3-5(7)9/h4,7H,3H2,1-2H3,(H,8,10). The number of hydrogen-bond donors (Lipinski definition) is 1. The molecule has 0 unspecified atom stereocenters. The Morgan fingerprint density at radius 3 is 2.30 bits per heavy atom. The lowest BCUT2D eigenvalue weighted by molar-refractivity contribution is -0.127. The molecule has 57 valence electrons. The maximum Gasteiger partial charge on any atom is 0.257 e. The topological polar surface area (TPSA) is 70.0 Å². The fourth-order valence-electron chi connectivity index (χ4n) is 0.372. The highest BCUT2D eigenvalue weighted by Gasteiger charge is 2.06. The van der Waals surface area contributed by atoms with Gasteiger partial charge in [-0.15, -0.1) is 0 Å². The van der Waals surface area contributed by atoms with Crippen molar-refractivity contribution in [2.45, 2.75) is 13.8 Å². The molecule has 0 aromatic rings. The minimum Gasteiger partial charge on any atom is -0.347 e. The van der Waals surface area contributed by atoms with E-state index < -0.39 is 5.91 Å². The van der Waals surface area contributed by atoms with Crippen molar-refractivity contribution in [3.63, 3.8) is 0 Å². The highest BCUT2D eigenvalue weighted by Crippen LogP contribution is 1.88. The summed E-state index contributed by atoms with van der Waals surface area (Å²) in [4.78, 5) is 20.7. The number of amides is 2. The third-order valence-electron chi connectivity index (χ3n) is 0.948. The van der Waals surface area contributed by atoms with Crippen LogP contribution < -0.4 is 11.1 Å². The van der Waals surface area contributed by atoms with Gasteiger partial charge in [0, 0.05) is 5.92 Å². The first kappa shape index (κ1) is 8.94. The molecular formula is C6H11N2O2. The predicted molar refractivity (Wildman–Crippen MR) is 36.0 cm³/mol. The van der Waals surface area contributed by atoms with Crippen LogP contribution in [0.4, 0.5) is 0 Å². The van der Waals surface area contributed by atoms with E-state index in [-0.39, 0.29) is 18.4 Å². The fraction of sp³-hybridized carbons (Fsp3) is 0.667. The summed E-state index contributed by atoms with van der Waals surface area (Å²) in [5.74, 6) is -1.09. The molecule has 2 N–H and O–H groups in total. The van der Waals surface area contributed by atoms with Gasteiger partial charge in [-0.3, -0.25) is 15.3 Å². The van der Waals surface area contributed by atoms with Crippen molar-refractivity contribution in [1.82, 2.24) is 11.1 Å². The van der Waals surface area contributed by atoms with Crippen LogP contribution in [0.2, 0.25) is 0 Å². The molecule has 0 aliphatic rings. The second kappa shape index (κ2) is 3.87. The Morgan fingerprint density at radius 1 is 1.50 bits per heavy atom. The highest BCUT2D eigenvalue weighted by atomic mass is 16.2. The first-order chi connectivity index (χ1) is 4.54. The summed E-state index contributed by atoms with van der Waals surface area (Å²) in [5, 5.41) is 2.31. The van der Waals surface area contributed by atoms with E-state index in [2.05, 4.69) is 5.32 Å². The summed E-state index contributed by atoms with van der Waals surface area (Å²) in [6.07, 6.45) is 0. The van der Waals surface area contributed by atoms with E-state index >= 15 is 0 Å². The van der Waals surface area contributed by atoms with E-state index in [1.165, 1.54) is 0 Å². The second-order valence-electron chi connectivity index (χ2n) is 2.30. The van der Waals surface area contributed by atoms with E-state index in [4.69, 9.17) is 5.73 Å². The zero-order valence-corrected chi connectivity index (χ0v) is 6.10. The van der Waals surface area contributed by atoms with Crippen molar-refractivity contribution >= 4 is 11.8 Å². The van der Waals surface area contributed by atoms with Gasteiger partial charge in [-0.25, -0.2) is 0 Å². The van der Waals surface area contributed by atoms with Crippen LogP contribution in [0.3, 0.4) is 0 Å². The number of carbonyl (C=O) groups is 2. The van der Waals surface area contributed by atoms with Crippen LogP contribution in [-0.2, 0) is 9.59 Å². The van der Waals surface area contributed by atoms with Crippen LogP contribution in [0, 0.1) is 5.92 Å². The first-order valence-corrected chi connectivity index (χ1v) is 3.06. The van der Waals surface area contributed by atoms with E-state index in [0.717, 1.165) is 0 Å². The molecule has 0 fully saturated rings. The molecule has 0 aliphatic carbocycles. The number of hydrogen-bond acceptors (Lipinski definition) is 2. The Hall–Kier alpha value is -1.06. The van der Waals surface area contributed by atoms with Crippen LogP contribution in [0.5, 0.6) is 0 Å². The van der Waals surface area contributed by atoms with Gasteiger partial charge >= 0.3 is 0 Å². The Balaban J connectivity index is 3.50. The molecule has 0 spiro atoms. The lowest BCUT2D eigenvalue weighted by Crippen LogP contribution is -2.32. The smallest absolute Gasteiger partial charge is 0.257 e. The van der Waals surface area contributed by atoms with Crippen LogP contribution in [0.1, 0.15) is 13.8 Å². The molecule has 4 nitrogen and oxygen atoms in total. The zero-order chi connectivity index (χ0) is 8.15. The Kier molecular flexibility index (Phi) is 3.46. The Labute approximate surface area is 59.8 Å². The molecule has 0 saturated heterocycles. The van der Waals surface area contributed by atoms with Crippen molar-refractivity contribution in [3.8, 4) is 0 Å². The number of carbonyl (C=O) groups excluding carboxylic acids is 2. The van der Waals surface area contributed by atoms with Gasteiger partial charge in [0.2, 0.25) is 5.91 Å². The average Bonchev–Trinajstić information content (AvgIpc) is 1.82. The molecule has 1 radical (unpaired) electrons. The first-order valence-electron chi connectivity index (χ1n) is 3.06. The van der Waals surface area contributed by atoms with Crippen LogP contribution in [0.15, 0.2) is 0 Å². The van der Waals surface area contributed by atoms with Crippen molar-refractivity contribution in [1.29, 1.82) is 0 Å². The molecule has 0 aromatic carbocycles. The molecule has 0 aromatic heterocycles. The molecule has 0 saturated carbocycles. The summed E-state index contributed by atoms with van der Waals surface area (Å²) >= 11 is 0. The molecule has 0 bridgehead atoms. The van der Waals surface area contributed by atoms with Crippen LogP contribution >= 0.6 is 0 Å². The molecule has 0 heterocycles. The van der Waals surface area contributed by atoms with E-state index in [0.29, 0.717) is 0 Å². The molecule has 0 aliphatic heterocycles. The Bertz CT molecular complexity index is 143. The third kappa shape index (κ3) is 3.88. The highest BCUT2D eigenvalue weighted by molar-refractivity contribution is 5.84. The minimum atomic E-state index is -0.769. The van der Waals surface area contributed by atoms with Crippen LogP contribution in [-0.4, -0.2) is 18.4 Å². The lowest BCUT2D eigenvalue weighted by Gasteiger charge is -2.03. The normalized spacial score (nSPS) is 9.50. The fourth-order valence-corrected chi connectivity index (χ4v) is 0.372. The predicted octanol–water partition coefficient (Wildman–Crippen LogP) is -0.432. The van der Waals surface area contributed by atoms with E-state index in [1.807, 2.05) is 0 Å². The average molecular weight is 143 g/mol. The summed E-state index contributed by atoms with van der Waals surface area (Å²) in [5.41, 5.74) is 6.46. The van der Waals surface area contributed by atoms with Gasteiger partial charge in [-0.05, 0) is 0 Å². The van der Waals surface area contributed by atoms with Gasteiger partial charge in [-0.2, -0.15) is 0 Å². The SMILES string of the molecule is CC(C)C(=O)NCC([NH])=O. The van der Waals surface area contributed by atoms with Crippen molar-refractivity contribution in [2.75, 3.05) is 6.54 Å². The van der Waals surface area contributed by atoms with E-state index in [9.17, 15) is 9.59 Å². The maximum atomic E-state index is 10.7. The molecule has 0 rings (SSSR count). The van der Waals surface area contributed by atoms with Crippen LogP contribution in [0.25, 0.3) is 0 Å². The minimum absolute atomic E-state index is 0.126. The monoisotopic (exact) mass is 143 g/mol. The number of nitrogens with one attached hydrogen (secondary N) is 2. The zero-order valence-electron chi connectivity index (χ0n) is 6.10. The lowest BCUT2D eigenvalue weighted by atomic mass is 10.2. The Morgan fingerprint density at radius 2 is 2.00 bits per heavy atom. The van der Waals surface area contributed by atoms with Crippen molar-refractivity contribution in [3.05, 3.63) is 0 Å². The van der Waals surface area contributed by atoms with Gasteiger partial charge in [0.1, 0.15) is 0 Å². The molecule has 4 heteroatoms. The van der Waals surface area contributed by atoms with Gasteiger partial charge in [0.05, 0.1) is 6.54 Å². The molecule has 0 atom stereocenters. The summed E-state index contributed by atoms with van der Waals surface area (Å²) < 4.78 is 0. The van der Waals surface area contributed by atoms with Gasteiger partial charge in [-0.1, -0.05) is 13.8 Å². The van der Waals surface area contributed by atoms with Gasteiger partial charge in [0.15, 0.2) is 0 Å². The van der Waals surface area contributed by atoms with Gasteiger partial charge < -0.3 is 5.32 Å². The quantitative estimate of drug-likeness (QED) is 0.582. The molecular weight excluding hydrogens is 132 g/mol. The summed E-state index contributed by atoms with van der Waals surface area (Å²) in [7, 11) is 0. The maximum absolute atomic E-state index is 10.7. The third-order valence-corrected chi connectivity index (χ3v) is 0.948. The van der Waals surface area contributed by atoms with Crippen molar-refractivity contribution in [2.24, 2.45) is 5.92 Å². The molecule has 2 amide bonds. The number of rotatable bonds is 3. The second-order valence-corrected chi connectivity index (χ2v) is 2.30. The van der Waals surface area contributed by atoms with E-state index in [1.54, 1.807) is 13.8 Å².